The summed E-state index contributed by atoms with van der Waals surface area (Å²) in [6.07, 6.45) is 6.77. The number of aliphatic carboxylic acids is 1. The van der Waals surface area contributed by atoms with E-state index in [2.05, 4.69) is 0 Å². The molecule has 4 atom stereocenters. The second-order valence-corrected chi connectivity index (χ2v) is 6.12. The Morgan fingerprint density at radius 2 is 1.72 bits per heavy atom. The highest BCUT2D eigenvalue weighted by atomic mass is 16.4. The minimum absolute atomic E-state index is 0.137. The molecule has 0 aromatic carbocycles. The second-order valence-electron chi connectivity index (χ2n) is 6.12. The molecule has 0 aromatic rings. The SMILES string of the molecule is C/C(C(=O)O)=C1/C(=O)C2CCCC3CCCC1C32. The van der Waals surface area contributed by atoms with Crippen molar-refractivity contribution in [3.05, 3.63) is 11.1 Å². The Labute approximate surface area is 107 Å². The average Bonchev–Trinajstić information content (AvgIpc) is 2.65. The number of hydrogen-bond acceptors (Lipinski definition) is 2. The summed E-state index contributed by atoms with van der Waals surface area (Å²) in [4.78, 5) is 23.7. The number of carbonyl (C=O) groups excluding carboxylic acids is 1. The number of carboxylic acids is 1. The quantitative estimate of drug-likeness (QED) is 0.726. The Hall–Kier alpha value is -1.12. The molecule has 3 rings (SSSR count). The van der Waals surface area contributed by atoms with Gasteiger partial charge in [0.1, 0.15) is 0 Å². The van der Waals surface area contributed by atoms with Crippen LogP contribution in [0.4, 0.5) is 0 Å². The van der Waals surface area contributed by atoms with E-state index in [1.54, 1.807) is 6.92 Å². The van der Waals surface area contributed by atoms with Crippen LogP contribution in [0.15, 0.2) is 11.1 Å². The molecule has 0 bridgehead atoms. The zero-order chi connectivity index (χ0) is 12.9. The molecule has 0 heterocycles. The van der Waals surface area contributed by atoms with E-state index in [4.69, 9.17) is 0 Å². The Bertz CT molecular complexity index is 433. The van der Waals surface area contributed by atoms with Gasteiger partial charge in [-0.1, -0.05) is 25.7 Å². The molecule has 3 aliphatic rings. The van der Waals surface area contributed by atoms with Crippen LogP contribution >= 0.6 is 0 Å². The van der Waals surface area contributed by atoms with Crippen molar-refractivity contribution in [2.75, 3.05) is 0 Å². The maximum atomic E-state index is 12.5. The van der Waals surface area contributed by atoms with Gasteiger partial charge in [-0.15, -0.1) is 0 Å². The lowest BCUT2D eigenvalue weighted by molar-refractivity contribution is -0.133. The van der Waals surface area contributed by atoms with Crippen molar-refractivity contribution in [2.45, 2.75) is 45.4 Å². The molecule has 1 N–H and O–H groups in total. The molecule has 0 amide bonds. The Balaban J connectivity index is 2.05. The fraction of sp³-hybridized carbons (Fsp3) is 0.733. The summed E-state index contributed by atoms with van der Waals surface area (Å²) in [5.41, 5.74) is 0.976. The monoisotopic (exact) mass is 248 g/mol. The van der Waals surface area contributed by atoms with Crippen LogP contribution in [0.1, 0.15) is 45.4 Å². The molecule has 3 fully saturated rings. The molecule has 0 radical (unpaired) electrons. The molecule has 0 aliphatic heterocycles. The molecule has 0 spiro atoms. The summed E-state index contributed by atoms with van der Waals surface area (Å²) >= 11 is 0. The number of carboxylic acid groups (broad SMARTS) is 1. The lowest BCUT2D eigenvalue weighted by Gasteiger charge is -2.39. The summed E-state index contributed by atoms with van der Waals surface area (Å²) in [5.74, 6) is 0.765. The smallest absolute Gasteiger partial charge is 0.331 e. The number of hydrogen-bond donors (Lipinski definition) is 1. The van der Waals surface area contributed by atoms with Crippen LogP contribution in [0.5, 0.6) is 0 Å². The van der Waals surface area contributed by atoms with Crippen LogP contribution in [0.3, 0.4) is 0 Å². The predicted molar refractivity (Wildman–Crippen MR) is 67.0 cm³/mol. The van der Waals surface area contributed by atoms with Crippen LogP contribution in [0, 0.1) is 23.7 Å². The van der Waals surface area contributed by atoms with Gasteiger partial charge in [0, 0.05) is 17.1 Å². The maximum Gasteiger partial charge on any atom is 0.331 e. The topological polar surface area (TPSA) is 54.4 Å². The molecule has 3 aliphatic carbocycles. The van der Waals surface area contributed by atoms with Crippen molar-refractivity contribution in [1.82, 2.24) is 0 Å². The van der Waals surface area contributed by atoms with Gasteiger partial charge in [-0.2, -0.15) is 0 Å². The lowest BCUT2D eigenvalue weighted by Crippen LogP contribution is -2.33. The van der Waals surface area contributed by atoms with Crippen LogP contribution in [-0.4, -0.2) is 16.9 Å². The van der Waals surface area contributed by atoms with Gasteiger partial charge in [0.15, 0.2) is 5.78 Å². The number of Topliss-reactive ketones (excluding diaryl/α,β-unsaturated/α-hetero) is 1. The van der Waals surface area contributed by atoms with Gasteiger partial charge in [0.05, 0.1) is 0 Å². The average molecular weight is 248 g/mol. The van der Waals surface area contributed by atoms with Gasteiger partial charge in [0.2, 0.25) is 0 Å². The number of ketones is 1. The summed E-state index contributed by atoms with van der Waals surface area (Å²) in [6.45, 7) is 1.61. The standard InChI is InChI=1S/C15H20O3/c1-8(15(17)18)12-10-6-2-4-9-5-3-7-11(13(9)10)14(12)16/h9-11,13H,2-7H2,1H3,(H,17,18)/b12-8-. The molecule has 3 nitrogen and oxygen atoms in total. The van der Waals surface area contributed by atoms with Crippen LogP contribution in [0.25, 0.3) is 0 Å². The molecule has 3 heteroatoms. The van der Waals surface area contributed by atoms with Gasteiger partial charge in [-0.3, -0.25) is 4.79 Å². The van der Waals surface area contributed by atoms with E-state index >= 15 is 0 Å². The molecule has 3 saturated carbocycles. The highest BCUT2D eigenvalue weighted by Gasteiger charge is 2.52. The zero-order valence-electron chi connectivity index (χ0n) is 10.8. The molecule has 4 unspecified atom stereocenters. The van der Waals surface area contributed by atoms with Crippen molar-refractivity contribution in [3.63, 3.8) is 0 Å². The van der Waals surface area contributed by atoms with E-state index in [1.165, 1.54) is 12.8 Å². The highest BCUT2D eigenvalue weighted by molar-refractivity contribution is 6.06. The van der Waals surface area contributed by atoms with Crippen molar-refractivity contribution in [1.29, 1.82) is 0 Å². The van der Waals surface area contributed by atoms with Gasteiger partial charge in [0.25, 0.3) is 0 Å². The first kappa shape index (κ1) is 11.9. The maximum absolute atomic E-state index is 12.5. The summed E-state index contributed by atoms with van der Waals surface area (Å²) in [7, 11) is 0. The number of carbonyl (C=O) groups is 2. The summed E-state index contributed by atoms with van der Waals surface area (Å²) in [6, 6.07) is 0. The van der Waals surface area contributed by atoms with E-state index in [0.29, 0.717) is 23.0 Å². The largest absolute Gasteiger partial charge is 0.478 e. The minimum atomic E-state index is -0.917. The highest BCUT2D eigenvalue weighted by Crippen LogP contribution is 2.55. The zero-order valence-corrected chi connectivity index (χ0v) is 10.8. The molecule has 0 aromatic heterocycles. The first-order valence-electron chi connectivity index (χ1n) is 7.09. The Kier molecular flexibility index (Phi) is 2.80. The van der Waals surface area contributed by atoms with E-state index in [0.717, 1.165) is 25.7 Å². The van der Waals surface area contributed by atoms with Crippen molar-refractivity contribution in [2.24, 2.45) is 23.7 Å². The van der Waals surface area contributed by atoms with E-state index in [1.807, 2.05) is 0 Å². The van der Waals surface area contributed by atoms with Crippen molar-refractivity contribution in [3.8, 4) is 0 Å². The number of allylic oxidation sites excluding steroid dienone is 1. The van der Waals surface area contributed by atoms with Gasteiger partial charge in [-0.05, 0) is 37.5 Å². The van der Waals surface area contributed by atoms with Gasteiger partial charge >= 0.3 is 5.97 Å². The molecular weight excluding hydrogens is 228 g/mol. The van der Waals surface area contributed by atoms with E-state index < -0.39 is 5.97 Å². The van der Waals surface area contributed by atoms with E-state index in [-0.39, 0.29) is 17.6 Å². The van der Waals surface area contributed by atoms with Gasteiger partial charge in [-0.25, -0.2) is 4.79 Å². The van der Waals surface area contributed by atoms with Crippen molar-refractivity contribution >= 4 is 11.8 Å². The minimum Gasteiger partial charge on any atom is -0.478 e. The first-order chi connectivity index (χ1) is 8.61. The third-order valence-corrected chi connectivity index (χ3v) is 5.35. The lowest BCUT2D eigenvalue weighted by atomic mass is 9.64. The van der Waals surface area contributed by atoms with Crippen LogP contribution in [-0.2, 0) is 9.59 Å². The van der Waals surface area contributed by atoms with Crippen LogP contribution in [0.2, 0.25) is 0 Å². The third kappa shape index (κ3) is 1.56. The normalized spacial score (nSPS) is 41.5. The fourth-order valence-corrected chi connectivity index (χ4v) is 4.65. The molecule has 0 saturated heterocycles. The van der Waals surface area contributed by atoms with Crippen LogP contribution < -0.4 is 0 Å². The molecule has 18 heavy (non-hydrogen) atoms. The van der Waals surface area contributed by atoms with Gasteiger partial charge < -0.3 is 5.11 Å². The number of rotatable bonds is 1. The Morgan fingerprint density at radius 1 is 1.11 bits per heavy atom. The third-order valence-electron chi connectivity index (χ3n) is 5.35. The second kappa shape index (κ2) is 4.22. The molecule has 98 valence electrons. The first-order valence-corrected chi connectivity index (χ1v) is 7.09. The molecular formula is C15H20O3. The summed E-state index contributed by atoms with van der Waals surface area (Å²) < 4.78 is 0. The van der Waals surface area contributed by atoms with E-state index in [9.17, 15) is 14.7 Å². The fourth-order valence-electron chi connectivity index (χ4n) is 4.65. The Morgan fingerprint density at radius 3 is 2.33 bits per heavy atom. The predicted octanol–water partition coefficient (Wildman–Crippen LogP) is 2.80. The summed E-state index contributed by atoms with van der Waals surface area (Å²) in [5, 5.41) is 9.18. The van der Waals surface area contributed by atoms with Crippen molar-refractivity contribution < 1.29 is 14.7 Å².